The quantitative estimate of drug-likeness (QED) is 0.873. The average molecular weight is 317 g/mol. The molecule has 0 atom stereocenters. The Morgan fingerprint density at radius 1 is 1.27 bits per heavy atom. The summed E-state index contributed by atoms with van der Waals surface area (Å²) in [6.07, 6.45) is -0.991. The van der Waals surface area contributed by atoms with E-state index < -0.39 is 12.3 Å². The molecule has 0 unspecified atom stereocenters. The van der Waals surface area contributed by atoms with E-state index in [-0.39, 0.29) is 24.9 Å². The minimum atomic E-state index is -4.76. The number of carboxylic acid groups (broad SMARTS) is 1. The zero-order valence-electron chi connectivity index (χ0n) is 12.0. The molecule has 0 heterocycles. The van der Waals surface area contributed by atoms with Gasteiger partial charge in [-0.05, 0) is 18.9 Å². The Morgan fingerprint density at radius 2 is 1.91 bits per heavy atom. The highest BCUT2D eigenvalue weighted by molar-refractivity contribution is 5.69. The van der Waals surface area contributed by atoms with Crippen LogP contribution in [0.25, 0.3) is 0 Å². The van der Waals surface area contributed by atoms with Crippen LogP contribution in [0.4, 0.5) is 13.2 Å². The van der Waals surface area contributed by atoms with Gasteiger partial charge in [0.1, 0.15) is 5.75 Å². The second-order valence-corrected chi connectivity index (χ2v) is 5.39. The second-order valence-electron chi connectivity index (χ2n) is 5.39. The Balaban J connectivity index is 2.16. The molecule has 122 valence electrons. The maximum absolute atomic E-state index is 12.4. The van der Waals surface area contributed by atoms with E-state index >= 15 is 0 Å². The molecule has 0 spiro atoms. The molecule has 1 aliphatic carbocycles. The van der Waals surface area contributed by atoms with Crippen LogP contribution < -0.4 is 4.74 Å². The third kappa shape index (κ3) is 4.91. The number of para-hydroxylation sites is 1. The zero-order chi connectivity index (χ0) is 16.2. The number of alkyl halides is 3. The highest BCUT2D eigenvalue weighted by atomic mass is 19.4. The molecular weight excluding hydrogens is 299 g/mol. The van der Waals surface area contributed by atoms with E-state index in [1.165, 1.54) is 18.2 Å². The third-order valence-corrected chi connectivity index (χ3v) is 3.75. The van der Waals surface area contributed by atoms with Crippen molar-refractivity contribution in [3.63, 3.8) is 0 Å². The molecule has 0 aliphatic heterocycles. The van der Waals surface area contributed by atoms with E-state index in [4.69, 9.17) is 5.11 Å². The van der Waals surface area contributed by atoms with Crippen LogP contribution in [-0.2, 0) is 11.3 Å². The van der Waals surface area contributed by atoms with Gasteiger partial charge in [0.15, 0.2) is 0 Å². The fourth-order valence-corrected chi connectivity index (χ4v) is 2.83. The maximum Gasteiger partial charge on any atom is 0.573 e. The molecular formula is C15H18F3NO3. The van der Waals surface area contributed by atoms with Crippen LogP contribution in [0.1, 0.15) is 31.2 Å². The lowest BCUT2D eigenvalue weighted by molar-refractivity contribution is -0.275. The molecule has 1 aliphatic rings. The predicted octanol–water partition coefficient (Wildman–Crippen LogP) is 3.41. The molecule has 0 radical (unpaired) electrons. The van der Waals surface area contributed by atoms with Gasteiger partial charge in [-0.15, -0.1) is 13.2 Å². The molecule has 22 heavy (non-hydrogen) atoms. The van der Waals surface area contributed by atoms with Gasteiger partial charge in [0, 0.05) is 18.2 Å². The molecule has 1 N–H and O–H groups in total. The van der Waals surface area contributed by atoms with Crippen LogP contribution in [0.3, 0.4) is 0 Å². The van der Waals surface area contributed by atoms with Crippen molar-refractivity contribution in [2.24, 2.45) is 0 Å². The van der Waals surface area contributed by atoms with Gasteiger partial charge in [-0.1, -0.05) is 31.0 Å². The third-order valence-electron chi connectivity index (χ3n) is 3.75. The van der Waals surface area contributed by atoms with Crippen LogP contribution in [0.5, 0.6) is 5.75 Å². The monoisotopic (exact) mass is 317 g/mol. The van der Waals surface area contributed by atoms with Gasteiger partial charge in [-0.2, -0.15) is 0 Å². The molecule has 0 bridgehead atoms. The summed E-state index contributed by atoms with van der Waals surface area (Å²) in [6.45, 7) is -0.0613. The second kappa shape index (κ2) is 7.00. The molecule has 1 fully saturated rings. The Morgan fingerprint density at radius 3 is 2.50 bits per heavy atom. The first-order valence-electron chi connectivity index (χ1n) is 7.14. The molecule has 0 amide bonds. The summed E-state index contributed by atoms with van der Waals surface area (Å²) in [5, 5.41) is 9.03. The van der Waals surface area contributed by atoms with E-state index in [2.05, 4.69) is 4.74 Å². The number of nitrogens with zero attached hydrogens (tertiary/aromatic N) is 1. The van der Waals surface area contributed by atoms with E-state index in [9.17, 15) is 18.0 Å². The number of hydrogen-bond acceptors (Lipinski definition) is 3. The Labute approximate surface area is 126 Å². The van der Waals surface area contributed by atoms with Gasteiger partial charge in [0.05, 0.1) is 6.54 Å². The van der Waals surface area contributed by atoms with Crippen molar-refractivity contribution >= 4 is 5.97 Å². The minimum absolute atomic E-state index is 0.0926. The lowest BCUT2D eigenvalue weighted by Crippen LogP contribution is -2.37. The Hall–Kier alpha value is -1.76. The normalized spacial score (nSPS) is 16.2. The fraction of sp³-hybridized carbons (Fsp3) is 0.533. The maximum atomic E-state index is 12.4. The first kappa shape index (κ1) is 16.6. The highest BCUT2D eigenvalue weighted by Gasteiger charge is 2.32. The van der Waals surface area contributed by atoms with Crippen LogP contribution in [-0.4, -0.2) is 34.9 Å². The summed E-state index contributed by atoms with van der Waals surface area (Å²) in [4.78, 5) is 12.7. The molecule has 1 aromatic rings. The Kier molecular flexibility index (Phi) is 5.28. The van der Waals surface area contributed by atoms with E-state index in [1.807, 2.05) is 0 Å². The fourth-order valence-electron chi connectivity index (χ4n) is 2.83. The number of aliphatic carboxylic acids is 1. The van der Waals surface area contributed by atoms with Crippen molar-refractivity contribution in [2.45, 2.75) is 44.6 Å². The number of benzene rings is 1. The first-order chi connectivity index (χ1) is 10.3. The lowest BCUT2D eigenvalue weighted by atomic mass is 10.1. The molecule has 0 aromatic heterocycles. The standard InChI is InChI=1S/C15H18F3NO3/c16-15(17,18)22-13-8-4-1-5-11(13)9-19(10-14(20)21)12-6-2-3-7-12/h1,4-5,8,12H,2-3,6-7,9-10H2,(H,20,21). The van der Waals surface area contributed by atoms with E-state index in [0.717, 1.165) is 25.7 Å². The summed E-state index contributed by atoms with van der Waals surface area (Å²) < 4.78 is 41.3. The molecule has 0 saturated heterocycles. The molecule has 1 aromatic carbocycles. The lowest BCUT2D eigenvalue weighted by Gasteiger charge is -2.28. The van der Waals surface area contributed by atoms with Gasteiger partial charge >= 0.3 is 12.3 Å². The highest BCUT2D eigenvalue weighted by Crippen LogP contribution is 2.30. The van der Waals surface area contributed by atoms with Crippen molar-refractivity contribution < 1.29 is 27.8 Å². The Bertz CT molecular complexity index is 513. The number of hydrogen-bond donors (Lipinski definition) is 1. The summed E-state index contributed by atoms with van der Waals surface area (Å²) in [7, 11) is 0. The molecule has 7 heteroatoms. The summed E-state index contributed by atoms with van der Waals surface area (Å²) in [5.74, 6) is -1.26. The van der Waals surface area contributed by atoms with Crippen LogP contribution >= 0.6 is 0 Å². The van der Waals surface area contributed by atoms with Gasteiger partial charge in [0.2, 0.25) is 0 Å². The van der Waals surface area contributed by atoms with Crippen molar-refractivity contribution in [3.8, 4) is 5.75 Å². The predicted molar refractivity (Wildman–Crippen MR) is 73.4 cm³/mol. The smallest absolute Gasteiger partial charge is 0.480 e. The summed E-state index contributed by atoms with van der Waals surface area (Å²) in [5.41, 5.74) is 0.341. The summed E-state index contributed by atoms with van der Waals surface area (Å²) in [6, 6.07) is 5.95. The number of halogens is 3. The number of ether oxygens (including phenoxy) is 1. The van der Waals surface area contributed by atoms with Crippen LogP contribution in [0.15, 0.2) is 24.3 Å². The summed E-state index contributed by atoms with van der Waals surface area (Å²) >= 11 is 0. The SMILES string of the molecule is O=C(O)CN(Cc1ccccc1OC(F)(F)F)C1CCCC1. The first-order valence-corrected chi connectivity index (χ1v) is 7.14. The topological polar surface area (TPSA) is 49.8 Å². The van der Waals surface area contributed by atoms with E-state index in [1.54, 1.807) is 11.0 Å². The number of rotatable bonds is 6. The van der Waals surface area contributed by atoms with Crippen LogP contribution in [0.2, 0.25) is 0 Å². The van der Waals surface area contributed by atoms with Crippen molar-refractivity contribution in [1.29, 1.82) is 0 Å². The molecule has 1 saturated carbocycles. The van der Waals surface area contributed by atoms with Gasteiger partial charge in [-0.3, -0.25) is 9.69 Å². The zero-order valence-corrected chi connectivity index (χ0v) is 12.0. The minimum Gasteiger partial charge on any atom is -0.480 e. The largest absolute Gasteiger partial charge is 0.573 e. The molecule has 2 rings (SSSR count). The average Bonchev–Trinajstić information content (AvgIpc) is 2.92. The number of carboxylic acids is 1. The molecule has 4 nitrogen and oxygen atoms in total. The van der Waals surface area contributed by atoms with E-state index in [0.29, 0.717) is 5.56 Å². The van der Waals surface area contributed by atoms with Crippen LogP contribution in [0, 0.1) is 0 Å². The van der Waals surface area contributed by atoms with Gasteiger partial charge in [-0.25, -0.2) is 0 Å². The van der Waals surface area contributed by atoms with Crippen molar-refractivity contribution in [1.82, 2.24) is 4.90 Å². The van der Waals surface area contributed by atoms with Crippen molar-refractivity contribution in [3.05, 3.63) is 29.8 Å². The van der Waals surface area contributed by atoms with Gasteiger partial charge < -0.3 is 9.84 Å². The van der Waals surface area contributed by atoms with Crippen molar-refractivity contribution in [2.75, 3.05) is 6.54 Å². The van der Waals surface area contributed by atoms with Gasteiger partial charge in [0.25, 0.3) is 0 Å². The number of carbonyl (C=O) groups is 1.